The maximum Gasteiger partial charge on any atom is 0.0842 e. The van der Waals surface area contributed by atoms with E-state index >= 15 is 0 Å². The van der Waals surface area contributed by atoms with Crippen LogP contribution in [-0.2, 0) is 11.2 Å². The van der Waals surface area contributed by atoms with Crippen molar-refractivity contribution in [2.75, 3.05) is 6.61 Å². The first-order chi connectivity index (χ1) is 9.38. The second-order valence-electron chi connectivity index (χ2n) is 7.31. The number of rotatable bonds is 4. The molecule has 0 aliphatic carbocycles. The van der Waals surface area contributed by atoms with Crippen molar-refractivity contribution in [3.63, 3.8) is 0 Å². The summed E-state index contributed by atoms with van der Waals surface area (Å²) >= 11 is 0. The minimum atomic E-state index is 0.183. The van der Waals surface area contributed by atoms with E-state index in [1.807, 2.05) is 0 Å². The summed E-state index contributed by atoms with van der Waals surface area (Å²) in [5, 5.41) is 0. The molecule has 0 bridgehead atoms. The Balaban J connectivity index is 1.97. The lowest BCUT2D eigenvalue weighted by Crippen LogP contribution is -2.31. The molecular weight excluding hydrogens is 246 g/mol. The zero-order chi connectivity index (χ0) is 14.8. The Bertz CT molecular complexity index is 435. The van der Waals surface area contributed by atoms with E-state index in [4.69, 9.17) is 10.5 Å². The molecule has 2 N–H and O–H groups in total. The van der Waals surface area contributed by atoms with Gasteiger partial charge in [0.1, 0.15) is 0 Å². The zero-order valence-corrected chi connectivity index (χ0v) is 13.4. The average Bonchev–Trinajstić information content (AvgIpc) is 2.38. The summed E-state index contributed by atoms with van der Waals surface area (Å²) in [5.74, 6) is 0.622. The van der Waals surface area contributed by atoms with Gasteiger partial charge >= 0.3 is 0 Å². The smallest absolute Gasteiger partial charge is 0.0842 e. The summed E-state index contributed by atoms with van der Waals surface area (Å²) in [6.45, 7) is 9.99. The van der Waals surface area contributed by atoms with Crippen molar-refractivity contribution in [2.24, 2.45) is 17.1 Å². The van der Waals surface area contributed by atoms with Gasteiger partial charge in [-0.3, -0.25) is 0 Å². The van der Waals surface area contributed by atoms with Gasteiger partial charge in [-0.15, -0.1) is 0 Å². The van der Waals surface area contributed by atoms with E-state index < -0.39 is 0 Å². The first-order valence-corrected chi connectivity index (χ1v) is 7.83. The van der Waals surface area contributed by atoms with Crippen LogP contribution in [0.2, 0.25) is 0 Å². The molecule has 2 heteroatoms. The van der Waals surface area contributed by atoms with Gasteiger partial charge in [0.05, 0.1) is 12.7 Å². The Morgan fingerprint density at radius 1 is 1.30 bits per heavy atom. The van der Waals surface area contributed by atoms with Crippen LogP contribution in [0.4, 0.5) is 0 Å². The van der Waals surface area contributed by atoms with E-state index in [-0.39, 0.29) is 12.1 Å². The van der Waals surface area contributed by atoms with E-state index in [1.54, 1.807) is 0 Å². The molecule has 0 saturated carbocycles. The van der Waals surface area contributed by atoms with Crippen LogP contribution in [0.1, 0.15) is 57.8 Å². The van der Waals surface area contributed by atoms with Crippen LogP contribution in [0.5, 0.6) is 0 Å². The summed E-state index contributed by atoms with van der Waals surface area (Å²) < 4.78 is 5.96. The van der Waals surface area contributed by atoms with E-state index in [2.05, 4.69) is 52.0 Å². The Morgan fingerprint density at radius 2 is 2.00 bits per heavy atom. The van der Waals surface area contributed by atoms with Gasteiger partial charge in [-0.05, 0) is 41.7 Å². The maximum atomic E-state index is 6.38. The molecule has 0 saturated heterocycles. The Kier molecular flexibility index (Phi) is 4.87. The molecule has 3 unspecified atom stereocenters. The van der Waals surface area contributed by atoms with Crippen LogP contribution in [-0.4, -0.2) is 12.6 Å². The third kappa shape index (κ3) is 3.83. The summed E-state index contributed by atoms with van der Waals surface area (Å²) in [6, 6.07) is 8.83. The summed E-state index contributed by atoms with van der Waals surface area (Å²) in [5.41, 5.74) is 9.48. The Labute approximate surface area is 123 Å². The molecule has 0 radical (unpaired) electrons. The van der Waals surface area contributed by atoms with Crippen LogP contribution in [0.15, 0.2) is 24.3 Å². The fourth-order valence-corrected chi connectivity index (χ4v) is 2.85. The topological polar surface area (TPSA) is 35.2 Å². The second-order valence-corrected chi connectivity index (χ2v) is 7.31. The molecule has 1 aliphatic heterocycles. The van der Waals surface area contributed by atoms with Crippen molar-refractivity contribution < 1.29 is 4.74 Å². The van der Waals surface area contributed by atoms with Crippen molar-refractivity contribution >= 4 is 0 Å². The second kappa shape index (κ2) is 6.28. The van der Waals surface area contributed by atoms with Crippen LogP contribution in [0, 0.1) is 11.3 Å². The third-order valence-electron chi connectivity index (χ3n) is 4.74. The molecule has 0 spiro atoms. The highest BCUT2D eigenvalue weighted by molar-refractivity contribution is 5.31. The van der Waals surface area contributed by atoms with Crippen molar-refractivity contribution in [2.45, 2.75) is 59.1 Å². The first-order valence-electron chi connectivity index (χ1n) is 7.83. The van der Waals surface area contributed by atoms with Crippen LogP contribution >= 0.6 is 0 Å². The van der Waals surface area contributed by atoms with E-state index in [0.29, 0.717) is 11.3 Å². The highest BCUT2D eigenvalue weighted by atomic mass is 16.5. The van der Waals surface area contributed by atoms with E-state index in [0.717, 1.165) is 25.9 Å². The molecule has 2 rings (SSSR count). The van der Waals surface area contributed by atoms with Crippen LogP contribution < -0.4 is 5.73 Å². The number of fused-ring (bicyclic) bond motifs is 1. The third-order valence-corrected chi connectivity index (χ3v) is 4.74. The van der Waals surface area contributed by atoms with Gasteiger partial charge in [-0.1, -0.05) is 52.0 Å². The van der Waals surface area contributed by atoms with Crippen molar-refractivity contribution in [3.8, 4) is 0 Å². The molecular formula is C18H29NO. The monoisotopic (exact) mass is 275 g/mol. The normalized spacial score (nSPS) is 22.1. The minimum absolute atomic E-state index is 0.183. The summed E-state index contributed by atoms with van der Waals surface area (Å²) in [4.78, 5) is 0. The molecule has 3 atom stereocenters. The predicted octanol–water partition coefficient (Wildman–Crippen LogP) is 4.09. The Morgan fingerprint density at radius 3 is 2.70 bits per heavy atom. The maximum absolute atomic E-state index is 6.38. The molecule has 20 heavy (non-hydrogen) atoms. The average molecular weight is 275 g/mol. The van der Waals surface area contributed by atoms with Gasteiger partial charge in [0.2, 0.25) is 0 Å². The largest absolute Gasteiger partial charge is 0.373 e. The number of ether oxygens (including phenoxy) is 1. The van der Waals surface area contributed by atoms with Crippen molar-refractivity contribution in [1.82, 2.24) is 0 Å². The summed E-state index contributed by atoms with van der Waals surface area (Å²) in [6.07, 6.45) is 3.20. The molecule has 0 amide bonds. The SMILES string of the molecule is CC(CC(N)CC1OCCc2ccccc21)C(C)(C)C. The Hall–Kier alpha value is -0.860. The molecule has 0 aromatic heterocycles. The first kappa shape index (κ1) is 15.5. The number of nitrogens with two attached hydrogens (primary N) is 1. The lowest BCUT2D eigenvalue weighted by molar-refractivity contribution is 0.0293. The zero-order valence-electron chi connectivity index (χ0n) is 13.4. The minimum Gasteiger partial charge on any atom is -0.373 e. The van der Waals surface area contributed by atoms with Crippen molar-refractivity contribution in [1.29, 1.82) is 0 Å². The predicted molar refractivity (Wildman–Crippen MR) is 84.7 cm³/mol. The number of hydrogen-bond donors (Lipinski definition) is 1. The van der Waals surface area contributed by atoms with Crippen LogP contribution in [0.3, 0.4) is 0 Å². The van der Waals surface area contributed by atoms with Gasteiger partial charge in [-0.2, -0.15) is 0 Å². The molecule has 1 aromatic carbocycles. The van der Waals surface area contributed by atoms with Crippen molar-refractivity contribution in [3.05, 3.63) is 35.4 Å². The fourth-order valence-electron chi connectivity index (χ4n) is 2.85. The lowest BCUT2D eigenvalue weighted by Gasteiger charge is -2.32. The lowest BCUT2D eigenvalue weighted by atomic mass is 9.77. The highest BCUT2D eigenvalue weighted by Gasteiger charge is 2.26. The molecule has 1 aliphatic rings. The highest BCUT2D eigenvalue weighted by Crippen LogP contribution is 2.33. The van der Waals surface area contributed by atoms with Gasteiger partial charge < -0.3 is 10.5 Å². The summed E-state index contributed by atoms with van der Waals surface area (Å²) in [7, 11) is 0. The molecule has 112 valence electrons. The number of benzene rings is 1. The standard InChI is InChI=1S/C18H29NO/c1-13(18(2,3)4)11-15(19)12-17-16-8-6-5-7-14(16)9-10-20-17/h5-8,13,15,17H,9-12,19H2,1-4H3. The van der Waals surface area contributed by atoms with Gasteiger partial charge in [-0.25, -0.2) is 0 Å². The van der Waals surface area contributed by atoms with Crippen LogP contribution in [0.25, 0.3) is 0 Å². The van der Waals surface area contributed by atoms with E-state index in [1.165, 1.54) is 11.1 Å². The van der Waals surface area contributed by atoms with Gasteiger partial charge in [0.15, 0.2) is 0 Å². The molecule has 0 fully saturated rings. The fraction of sp³-hybridized carbons (Fsp3) is 0.667. The number of hydrogen-bond acceptors (Lipinski definition) is 2. The van der Waals surface area contributed by atoms with Gasteiger partial charge in [0.25, 0.3) is 0 Å². The van der Waals surface area contributed by atoms with Gasteiger partial charge in [0, 0.05) is 6.04 Å². The molecule has 1 aromatic rings. The van der Waals surface area contributed by atoms with E-state index in [9.17, 15) is 0 Å². The quantitative estimate of drug-likeness (QED) is 0.898. The molecule has 2 nitrogen and oxygen atoms in total. The molecule has 1 heterocycles.